The van der Waals surface area contributed by atoms with Crippen LogP contribution in [0.5, 0.6) is 0 Å². The lowest BCUT2D eigenvalue weighted by Gasteiger charge is -2.37. The number of carbonyl (C=O) groups excluding carboxylic acids is 1. The number of amides is 1. The van der Waals surface area contributed by atoms with Crippen molar-refractivity contribution in [2.75, 3.05) is 64.2 Å². The topological polar surface area (TPSA) is 88.3 Å². The largest absolute Gasteiger partial charge is 0.379 e. The van der Waals surface area contributed by atoms with Crippen LogP contribution in [0.4, 0.5) is 11.5 Å². The molecule has 0 aliphatic carbocycles. The zero-order valence-corrected chi connectivity index (χ0v) is 48.4. The Hall–Kier alpha value is -6.46. The molecule has 9 nitrogen and oxygen atoms in total. The summed E-state index contributed by atoms with van der Waals surface area (Å²) in [6.45, 7) is 19.9. The summed E-state index contributed by atoms with van der Waals surface area (Å²) in [4.78, 5) is 20.9. The molecule has 0 radical (unpaired) electrons. The van der Waals surface area contributed by atoms with Gasteiger partial charge in [0.2, 0.25) is 5.91 Å². The van der Waals surface area contributed by atoms with Gasteiger partial charge in [-0.05, 0) is 121 Å². The number of nitrogens with one attached hydrogen (secondary N) is 2. The highest BCUT2D eigenvalue weighted by Gasteiger charge is 2.43. The molecule has 8 rings (SSSR count). The second kappa shape index (κ2) is 28.6. The predicted octanol–water partition coefficient (Wildman–Crippen LogP) is 14.0. The third-order valence-electron chi connectivity index (χ3n) is 15.4. The minimum Gasteiger partial charge on any atom is -0.379 e. The first kappa shape index (κ1) is 58.7. The van der Waals surface area contributed by atoms with Gasteiger partial charge in [0.1, 0.15) is 6.20 Å². The van der Waals surface area contributed by atoms with Crippen LogP contribution in [-0.2, 0) is 48.3 Å². The number of carbonyl (C=O) groups is 1. The first-order valence-corrected chi connectivity index (χ1v) is 29.2. The van der Waals surface area contributed by atoms with Gasteiger partial charge in [0, 0.05) is 49.5 Å². The Bertz CT molecular complexity index is 2940. The maximum absolute atomic E-state index is 13.1. The SMILES string of the molecule is CCCC[n+]1cc(Cl)cc2c1N=C(/C=C/C(=C/C=C1\N(CCC)c3ccccc3C1(C)C)c1cccc(CCC(=O)NCCCOCCOCCOCCCNC(c3ccccc3)(c3ccccc3)c3ccccc3)c1)C2(C)C. The van der Waals surface area contributed by atoms with Gasteiger partial charge >= 0.3 is 5.82 Å². The summed E-state index contributed by atoms with van der Waals surface area (Å²) in [6, 6.07) is 51.5. The monoisotopic (exact) mass is 1080 g/mol. The normalized spacial score (nSPS) is 15.2. The van der Waals surface area contributed by atoms with Crippen LogP contribution in [0.3, 0.4) is 0 Å². The molecule has 2 aliphatic heterocycles. The van der Waals surface area contributed by atoms with Gasteiger partial charge in [-0.2, -0.15) is 0 Å². The highest BCUT2D eigenvalue weighted by atomic mass is 35.5. The van der Waals surface area contributed by atoms with Crippen molar-refractivity contribution < 1.29 is 23.6 Å². The van der Waals surface area contributed by atoms with Gasteiger partial charge in [-0.15, -0.1) is 0 Å². The number of aryl methyl sites for hydroxylation is 2. The van der Waals surface area contributed by atoms with E-state index in [9.17, 15) is 4.79 Å². The molecule has 0 saturated heterocycles. The predicted molar refractivity (Wildman–Crippen MR) is 326 cm³/mol. The minimum absolute atomic E-state index is 0.0317. The average molecular weight is 1080 g/mol. The molecule has 6 aromatic rings. The highest BCUT2D eigenvalue weighted by molar-refractivity contribution is 6.30. The van der Waals surface area contributed by atoms with Gasteiger partial charge in [-0.25, -0.2) is 4.57 Å². The van der Waals surface area contributed by atoms with Crippen LogP contribution < -0.4 is 20.1 Å². The number of allylic oxidation sites excluding steroid dienone is 6. The van der Waals surface area contributed by atoms with Crippen LogP contribution in [0.25, 0.3) is 5.57 Å². The molecule has 10 heteroatoms. The van der Waals surface area contributed by atoms with Gasteiger partial charge in [0.25, 0.3) is 0 Å². The smallest absolute Gasteiger partial charge is 0.327 e. The number of halogens is 1. The number of aliphatic imine (C=N–C) groups is 1. The molecule has 2 aliphatic rings. The molecule has 0 spiro atoms. The summed E-state index contributed by atoms with van der Waals surface area (Å²) in [5, 5.41) is 7.75. The summed E-state index contributed by atoms with van der Waals surface area (Å²) >= 11 is 6.71. The summed E-state index contributed by atoms with van der Waals surface area (Å²) in [6.07, 6.45) is 16.8. The van der Waals surface area contributed by atoms with Gasteiger partial charge in [-0.3, -0.25) is 10.1 Å². The van der Waals surface area contributed by atoms with Gasteiger partial charge < -0.3 is 24.4 Å². The summed E-state index contributed by atoms with van der Waals surface area (Å²) < 4.78 is 19.8. The van der Waals surface area contributed by atoms with Crippen LogP contribution in [-0.4, -0.2) is 70.9 Å². The fourth-order valence-electron chi connectivity index (χ4n) is 11.0. The number of pyridine rings is 1. The van der Waals surface area contributed by atoms with E-state index >= 15 is 0 Å². The third kappa shape index (κ3) is 14.7. The number of hydrogen-bond acceptors (Lipinski definition) is 7. The Kier molecular flexibility index (Phi) is 21.3. The minimum atomic E-state index is -0.486. The van der Waals surface area contributed by atoms with Gasteiger partial charge in [0.05, 0.1) is 54.5 Å². The number of ether oxygens (including phenoxy) is 3. The Morgan fingerprint density at radius 1 is 0.684 bits per heavy atom. The van der Waals surface area contributed by atoms with Crippen molar-refractivity contribution in [2.24, 2.45) is 4.99 Å². The maximum Gasteiger partial charge on any atom is 0.327 e. The van der Waals surface area contributed by atoms with Crippen LogP contribution in [0.1, 0.15) is 119 Å². The molecule has 0 bridgehead atoms. The van der Waals surface area contributed by atoms with E-state index in [0.717, 1.165) is 90.6 Å². The molecule has 0 unspecified atom stereocenters. The quantitative estimate of drug-likeness (QED) is 0.0202. The summed E-state index contributed by atoms with van der Waals surface area (Å²) in [5.74, 6) is 1.02. The first-order valence-electron chi connectivity index (χ1n) is 28.8. The van der Waals surface area contributed by atoms with Crippen LogP contribution >= 0.6 is 11.6 Å². The fourth-order valence-corrected chi connectivity index (χ4v) is 11.3. The van der Waals surface area contributed by atoms with Crippen LogP contribution in [0, 0.1) is 0 Å². The lowest BCUT2D eigenvalue weighted by Crippen LogP contribution is -2.45. The molecular weight excluding hydrogens is 998 g/mol. The molecule has 3 heterocycles. The van der Waals surface area contributed by atoms with Crippen molar-refractivity contribution in [1.82, 2.24) is 10.6 Å². The highest BCUT2D eigenvalue weighted by Crippen LogP contribution is 2.48. The van der Waals surface area contributed by atoms with E-state index in [2.05, 4.69) is 232 Å². The van der Waals surface area contributed by atoms with E-state index in [0.29, 0.717) is 59.0 Å². The molecule has 0 saturated carbocycles. The average Bonchev–Trinajstić information content (AvgIpc) is 4.01. The van der Waals surface area contributed by atoms with E-state index in [1.54, 1.807) is 0 Å². The van der Waals surface area contributed by atoms with Crippen molar-refractivity contribution in [2.45, 2.75) is 109 Å². The third-order valence-corrected chi connectivity index (χ3v) is 15.6. The number of rotatable bonds is 30. The first-order chi connectivity index (χ1) is 38.5. The van der Waals surface area contributed by atoms with Crippen molar-refractivity contribution in [1.29, 1.82) is 0 Å². The van der Waals surface area contributed by atoms with E-state index in [1.807, 2.05) is 6.20 Å². The molecule has 1 aromatic heterocycles. The van der Waals surface area contributed by atoms with Crippen molar-refractivity contribution in [3.05, 3.63) is 226 Å². The molecule has 5 aromatic carbocycles. The van der Waals surface area contributed by atoms with Crippen LogP contribution in [0.2, 0.25) is 5.02 Å². The summed E-state index contributed by atoms with van der Waals surface area (Å²) in [5.41, 5.74) is 11.9. The maximum atomic E-state index is 13.1. The number of hydrogen-bond donors (Lipinski definition) is 2. The van der Waals surface area contributed by atoms with Crippen molar-refractivity contribution in [3.63, 3.8) is 0 Å². The van der Waals surface area contributed by atoms with E-state index < -0.39 is 5.54 Å². The van der Waals surface area contributed by atoms with Crippen molar-refractivity contribution in [3.8, 4) is 0 Å². The Morgan fingerprint density at radius 2 is 1.29 bits per heavy atom. The number of nitrogens with zero attached hydrogens (tertiary/aromatic N) is 3. The van der Waals surface area contributed by atoms with E-state index in [-0.39, 0.29) is 16.7 Å². The number of para-hydroxylation sites is 1. The van der Waals surface area contributed by atoms with Gasteiger partial charge in [0.15, 0.2) is 5.71 Å². The lowest BCUT2D eigenvalue weighted by atomic mass is 9.77. The Morgan fingerprint density at radius 3 is 1.92 bits per heavy atom. The molecule has 0 fully saturated rings. The number of fused-ring (bicyclic) bond motifs is 2. The molecule has 0 atom stereocenters. The summed E-state index contributed by atoms with van der Waals surface area (Å²) in [7, 11) is 0. The number of unbranched alkanes of at least 4 members (excludes halogenated alkanes) is 1. The molecular formula is C69H83ClN5O4+. The second-order valence-electron chi connectivity index (χ2n) is 21.7. The Balaban J connectivity index is 0.787. The molecule has 2 N–H and O–H groups in total. The van der Waals surface area contributed by atoms with Gasteiger partial charge in [-0.1, -0.05) is 191 Å². The molecule has 79 heavy (non-hydrogen) atoms. The number of anilines is 1. The zero-order chi connectivity index (χ0) is 55.5. The number of benzene rings is 5. The van der Waals surface area contributed by atoms with E-state index in [4.69, 9.17) is 30.8 Å². The van der Waals surface area contributed by atoms with Crippen LogP contribution in [0.15, 0.2) is 187 Å². The zero-order valence-electron chi connectivity index (χ0n) is 47.6. The fraction of sp³-hybridized carbons (Fsp3) is 0.377. The second-order valence-corrected chi connectivity index (χ2v) is 22.2. The standard InChI is InChI=1S/C69H82ClN5O4/c1-7-9-43-74-52-59(70)51-61-66(74)73-63(67(61,3)4)37-35-54(36-38-64-68(5,6)60-32-19-20-33-62(60)75(64)42-8-2)55-25-21-24-53(50-55)34-39-65(76)71-40-22-44-77-46-48-79-49-47-78-45-23-41-72-69(56-26-13-10-14-27-56,57-28-15-11-16-29-57)58-30-17-12-18-31-58/h10-21,24-33,35-38,50-52,72H,7-9,22-23,34,39-49H2,1-6H3/p+1. The lowest BCUT2D eigenvalue weighted by molar-refractivity contribution is -0.684. The number of aromatic nitrogens is 1. The Labute approximate surface area is 476 Å². The molecule has 414 valence electrons. The van der Waals surface area contributed by atoms with E-state index in [1.165, 1.54) is 33.6 Å². The van der Waals surface area contributed by atoms with Crippen molar-refractivity contribution >= 4 is 40.3 Å². The molecule has 1 amide bonds.